The molecule has 3 heterocycles. The Morgan fingerprint density at radius 3 is 3.16 bits per heavy atom. The molecule has 1 N–H and O–H groups in total. The third-order valence-electron chi connectivity index (χ3n) is 3.56. The van der Waals surface area contributed by atoms with Crippen LogP contribution < -0.4 is 5.32 Å². The topological polar surface area (TPSA) is 42.7 Å². The molecule has 2 aromatic rings. The second-order valence-electron chi connectivity index (χ2n) is 4.87. The summed E-state index contributed by atoms with van der Waals surface area (Å²) in [5.74, 6) is 2.26. The molecule has 0 bridgehead atoms. The molecular formula is C13H17BrN4S. The molecule has 1 aliphatic heterocycles. The molecular weight excluding hydrogens is 324 g/mol. The lowest BCUT2D eigenvalue weighted by Crippen LogP contribution is -2.37. The first kappa shape index (κ1) is 13.3. The summed E-state index contributed by atoms with van der Waals surface area (Å²) in [6, 6.07) is 2.70. The molecule has 6 heteroatoms. The zero-order valence-corrected chi connectivity index (χ0v) is 13.3. The Morgan fingerprint density at radius 1 is 1.53 bits per heavy atom. The van der Waals surface area contributed by atoms with E-state index in [9.17, 15) is 0 Å². The van der Waals surface area contributed by atoms with Gasteiger partial charge in [0.05, 0.1) is 3.79 Å². The van der Waals surface area contributed by atoms with Gasteiger partial charge in [-0.05, 0) is 39.4 Å². The van der Waals surface area contributed by atoms with Crippen LogP contribution in [0.5, 0.6) is 0 Å². The van der Waals surface area contributed by atoms with Crippen molar-refractivity contribution >= 4 is 27.3 Å². The molecule has 102 valence electrons. The van der Waals surface area contributed by atoms with Crippen molar-refractivity contribution in [3.05, 3.63) is 32.4 Å². The van der Waals surface area contributed by atoms with Crippen LogP contribution in [0.2, 0.25) is 0 Å². The number of halogens is 1. The van der Waals surface area contributed by atoms with Crippen LogP contribution in [0.3, 0.4) is 0 Å². The quantitative estimate of drug-likeness (QED) is 0.930. The molecule has 0 fully saturated rings. The van der Waals surface area contributed by atoms with Crippen LogP contribution in [0.15, 0.2) is 15.2 Å². The van der Waals surface area contributed by atoms with Gasteiger partial charge in [0, 0.05) is 32.0 Å². The van der Waals surface area contributed by atoms with E-state index in [1.54, 1.807) is 11.3 Å². The number of hydrogen-bond acceptors (Lipinski definition) is 4. The average Bonchev–Trinajstić information content (AvgIpc) is 3.01. The maximum absolute atomic E-state index is 4.26. The summed E-state index contributed by atoms with van der Waals surface area (Å²) in [6.45, 7) is 4.07. The Bertz CT molecular complexity index is 549. The van der Waals surface area contributed by atoms with Gasteiger partial charge in [-0.15, -0.1) is 21.5 Å². The molecule has 0 aromatic carbocycles. The number of aryl methyl sites for hydroxylation is 2. The van der Waals surface area contributed by atoms with Gasteiger partial charge in [0.2, 0.25) is 0 Å². The van der Waals surface area contributed by atoms with Crippen LogP contribution in [0, 0.1) is 0 Å². The molecule has 0 unspecified atom stereocenters. The maximum atomic E-state index is 4.26. The molecule has 19 heavy (non-hydrogen) atoms. The number of hydrogen-bond donors (Lipinski definition) is 1. The minimum Gasteiger partial charge on any atom is -0.313 e. The second kappa shape index (κ2) is 5.73. The molecule has 0 saturated carbocycles. The minimum atomic E-state index is 0.521. The van der Waals surface area contributed by atoms with Gasteiger partial charge >= 0.3 is 0 Å². The fraction of sp³-hybridized carbons (Fsp3) is 0.538. The SMILES string of the molecule is CCc1nnc2n1C[C@H](NCc1csc(Br)c1)CC2. The Kier molecular flexibility index (Phi) is 4.00. The van der Waals surface area contributed by atoms with E-state index in [-0.39, 0.29) is 0 Å². The van der Waals surface area contributed by atoms with E-state index >= 15 is 0 Å². The van der Waals surface area contributed by atoms with Gasteiger partial charge in [-0.1, -0.05) is 6.92 Å². The monoisotopic (exact) mass is 340 g/mol. The summed E-state index contributed by atoms with van der Waals surface area (Å²) in [7, 11) is 0. The first-order valence-corrected chi connectivity index (χ1v) is 8.30. The Balaban J connectivity index is 1.62. The highest BCUT2D eigenvalue weighted by Gasteiger charge is 2.21. The van der Waals surface area contributed by atoms with Crippen molar-refractivity contribution in [3.8, 4) is 0 Å². The molecule has 2 aromatic heterocycles. The summed E-state index contributed by atoms with van der Waals surface area (Å²) in [4.78, 5) is 0. The van der Waals surface area contributed by atoms with Gasteiger partial charge in [0.25, 0.3) is 0 Å². The zero-order valence-electron chi connectivity index (χ0n) is 10.9. The summed E-state index contributed by atoms with van der Waals surface area (Å²) in [5.41, 5.74) is 1.35. The molecule has 4 nitrogen and oxygen atoms in total. The first-order valence-electron chi connectivity index (χ1n) is 6.63. The Labute approximate surface area is 125 Å². The number of nitrogens with one attached hydrogen (secondary N) is 1. The van der Waals surface area contributed by atoms with Gasteiger partial charge < -0.3 is 9.88 Å². The van der Waals surface area contributed by atoms with Crippen LogP contribution in [0.1, 0.15) is 30.6 Å². The van der Waals surface area contributed by atoms with Crippen LogP contribution in [0.4, 0.5) is 0 Å². The smallest absolute Gasteiger partial charge is 0.133 e. The molecule has 0 radical (unpaired) electrons. The van der Waals surface area contributed by atoms with E-state index in [0.717, 1.165) is 44.0 Å². The predicted molar refractivity (Wildman–Crippen MR) is 80.4 cm³/mol. The van der Waals surface area contributed by atoms with Crippen molar-refractivity contribution in [2.24, 2.45) is 0 Å². The summed E-state index contributed by atoms with van der Waals surface area (Å²) < 4.78 is 3.48. The molecule has 0 amide bonds. The normalized spacial score (nSPS) is 18.5. The molecule has 1 atom stereocenters. The van der Waals surface area contributed by atoms with E-state index in [0.29, 0.717) is 6.04 Å². The number of nitrogens with zero attached hydrogens (tertiary/aromatic N) is 3. The van der Waals surface area contributed by atoms with Crippen LogP contribution in [-0.4, -0.2) is 20.8 Å². The fourth-order valence-electron chi connectivity index (χ4n) is 2.51. The fourth-order valence-corrected chi connectivity index (χ4v) is 3.72. The zero-order chi connectivity index (χ0) is 13.2. The predicted octanol–water partition coefficient (Wildman–Crippen LogP) is 2.77. The molecule has 1 aliphatic rings. The van der Waals surface area contributed by atoms with Gasteiger partial charge in [-0.2, -0.15) is 0 Å². The van der Waals surface area contributed by atoms with Crippen molar-refractivity contribution in [1.82, 2.24) is 20.1 Å². The number of rotatable bonds is 4. The molecule has 3 rings (SSSR count). The van der Waals surface area contributed by atoms with Gasteiger partial charge in [-0.3, -0.25) is 0 Å². The highest BCUT2D eigenvalue weighted by atomic mass is 79.9. The Morgan fingerprint density at radius 2 is 2.42 bits per heavy atom. The Hall–Kier alpha value is -0.720. The number of aromatic nitrogens is 3. The highest BCUT2D eigenvalue weighted by Crippen LogP contribution is 2.21. The van der Waals surface area contributed by atoms with Crippen molar-refractivity contribution in [2.45, 2.75) is 45.3 Å². The summed E-state index contributed by atoms with van der Waals surface area (Å²) in [6.07, 6.45) is 3.13. The van der Waals surface area contributed by atoms with E-state index in [4.69, 9.17) is 0 Å². The van der Waals surface area contributed by atoms with Crippen LogP contribution >= 0.6 is 27.3 Å². The summed E-state index contributed by atoms with van der Waals surface area (Å²) >= 11 is 5.24. The first-order chi connectivity index (χ1) is 9.26. The summed E-state index contributed by atoms with van der Waals surface area (Å²) in [5, 5.41) is 14.4. The molecule has 0 saturated heterocycles. The second-order valence-corrected chi connectivity index (χ2v) is 7.16. The van der Waals surface area contributed by atoms with Crippen molar-refractivity contribution in [3.63, 3.8) is 0 Å². The van der Waals surface area contributed by atoms with E-state index in [1.165, 1.54) is 9.35 Å². The number of fused-ring (bicyclic) bond motifs is 1. The highest BCUT2D eigenvalue weighted by molar-refractivity contribution is 9.11. The minimum absolute atomic E-state index is 0.521. The van der Waals surface area contributed by atoms with Gasteiger partial charge in [0.15, 0.2) is 0 Å². The van der Waals surface area contributed by atoms with Crippen molar-refractivity contribution in [1.29, 1.82) is 0 Å². The van der Waals surface area contributed by atoms with Gasteiger partial charge in [0.1, 0.15) is 11.6 Å². The van der Waals surface area contributed by atoms with Crippen LogP contribution in [-0.2, 0) is 25.9 Å². The van der Waals surface area contributed by atoms with Gasteiger partial charge in [-0.25, -0.2) is 0 Å². The van der Waals surface area contributed by atoms with E-state index in [2.05, 4.69) is 54.4 Å². The lowest BCUT2D eigenvalue weighted by Gasteiger charge is -2.25. The maximum Gasteiger partial charge on any atom is 0.133 e. The molecule has 0 spiro atoms. The van der Waals surface area contributed by atoms with Crippen molar-refractivity contribution < 1.29 is 0 Å². The lowest BCUT2D eigenvalue weighted by atomic mass is 10.1. The van der Waals surface area contributed by atoms with E-state index < -0.39 is 0 Å². The largest absolute Gasteiger partial charge is 0.313 e. The third kappa shape index (κ3) is 2.90. The standard InChI is InChI=1S/C13H17BrN4S/c1-2-12-16-17-13-4-3-10(7-18(12)13)15-6-9-5-11(14)19-8-9/h5,8,10,15H,2-4,6-7H2,1H3/t10-/m1/s1. The lowest BCUT2D eigenvalue weighted by molar-refractivity contribution is 0.373. The van der Waals surface area contributed by atoms with Crippen molar-refractivity contribution in [2.75, 3.05) is 0 Å². The third-order valence-corrected chi connectivity index (χ3v) is 5.11. The van der Waals surface area contributed by atoms with E-state index in [1.807, 2.05) is 0 Å². The van der Waals surface area contributed by atoms with Crippen LogP contribution in [0.25, 0.3) is 0 Å². The molecule has 0 aliphatic carbocycles. The number of thiophene rings is 1. The average molecular weight is 341 g/mol.